The molecule has 0 amide bonds. The maximum atomic E-state index is 11.4. The average Bonchev–Trinajstić information content (AvgIpc) is 3.03. The highest BCUT2D eigenvalue weighted by Gasteiger charge is 2.15. The summed E-state index contributed by atoms with van der Waals surface area (Å²) in [5.41, 5.74) is 0.700. The quantitative estimate of drug-likeness (QED) is 0.647. The molecule has 102 valence electrons. The van der Waals surface area contributed by atoms with Gasteiger partial charge in [-0.1, -0.05) is 11.3 Å². The molecule has 0 atom stereocenters. The van der Waals surface area contributed by atoms with Crippen LogP contribution < -0.4 is 5.32 Å². The van der Waals surface area contributed by atoms with Gasteiger partial charge in [0.2, 0.25) is 0 Å². The van der Waals surface area contributed by atoms with Crippen LogP contribution >= 0.6 is 11.3 Å². The fraction of sp³-hybridized carbons (Fsp3) is 0.417. The number of aromatic nitrogens is 3. The molecule has 0 aliphatic rings. The number of nitrogens with zero attached hydrogens (tertiary/aromatic N) is 3. The number of hydrogen-bond acceptors (Lipinski definition) is 6. The molecule has 0 bridgehead atoms. The molecule has 0 aromatic carbocycles. The Balaban J connectivity index is 1.81. The molecule has 2 aromatic rings. The number of aryl methyl sites for hydroxylation is 2. The summed E-state index contributed by atoms with van der Waals surface area (Å²) in [7, 11) is 1.37. The minimum Gasteiger partial charge on any atom is -0.465 e. The first-order valence-corrected chi connectivity index (χ1v) is 6.79. The fourth-order valence-electron chi connectivity index (χ4n) is 1.62. The van der Waals surface area contributed by atoms with Crippen LogP contribution in [0.25, 0.3) is 0 Å². The number of anilines is 1. The Kier molecular flexibility index (Phi) is 4.51. The Hall–Kier alpha value is -1.89. The van der Waals surface area contributed by atoms with Gasteiger partial charge in [-0.25, -0.2) is 9.78 Å². The number of methoxy groups -OCH3 is 1. The van der Waals surface area contributed by atoms with E-state index in [9.17, 15) is 4.79 Å². The summed E-state index contributed by atoms with van der Waals surface area (Å²) in [6.45, 7) is 3.44. The van der Waals surface area contributed by atoms with Gasteiger partial charge in [-0.05, 0) is 19.4 Å². The Morgan fingerprint density at radius 2 is 2.42 bits per heavy atom. The Labute approximate surface area is 115 Å². The predicted octanol–water partition coefficient (Wildman–Crippen LogP) is 1.94. The van der Waals surface area contributed by atoms with Gasteiger partial charge in [0.25, 0.3) is 0 Å². The summed E-state index contributed by atoms with van der Waals surface area (Å²) in [5, 5.41) is 8.08. The van der Waals surface area contributed by atoms with Crippen molar-refractivity contribution in [1.29, 1.82) is 0 Å². The lowest BCUT2D eigenvalue weighted by Gasteiger charge is -2.02. The first-order chi connectivity index (χ1) is 9.20. The second kappa shape index (κ2) is 6.33. The average molecular weight is 280 g/mol. The molecule has 2 aromatic heterocycles. The van der Waals surface area contributed by atoms with Gasteiger partial charge >= 0.3 is 5.97 Å². The van der Waals surface area contributed by atoms with Gasteiger partial charge in [-0.3, -0.25) is 4.68 Å². The van der Waals surface area contributed by atoms with Crippen molar-refractivity contribution in [3.63, 3.8) is 0 Å². The molecular weight excluding hydrogens is 264 g/mol. The van der Waals surface area contributed by atoms with Crippen LogP contribution in [0.2, 0.25) is 0 Å². The maximum absolute atomic E-state index is 11.4. The summed E-state index contributed by atoms with van der Waals surface area (Å²) in [6.07, 6.45) is 4.64. The van der Waals surface area contributed by atoms with Crippen molar-refractivity contribution in [2.75, 3.05) is 19.0 Å². The molecule has 0 unspecified atom stereocenters. The van der Waals surface area contributed by atoms with Gasteiger partial charge < -0.3 is 10.1 Å². The Morgan fingerprint density at radius 3 is 3.11 bits per heavy atom. The zero-order valence-electron chi connectivity index (χ0n) is 10.9. The molecule has 0 radical (unpaired) electrons. The van der Waals surface area contributed by atoms with Crippen molar-refractivity contribution in [2.45, 2.75) is 19.9 Å². The lowest BCUT2D eigenvalue weighted by atomic mass is 10.4. The second-order valence-electron chi connectivity index (χ2n) is 3.97. The van der Waals surface area contributed by atoms with Crippen molar-refractivity contribution in [2.24, 2.45) is 0 Å². The first kappa shape index (κ1) is 13.5. The van der Waals surface area contributed by atoms with Gasteiger partial charge in [0, 0.05) is 25.5 Å². The molecule has 0 spiro atoms. The van der Waals surface area contributed by atoms with Gasteiger partial charge in [-0.2, -0.15) is 5.10 Å². The number of rotatable bonds is 6. The van der Waals surface area contributed by atoms with Crippen LogP contribution in [0.4, 0.5) is 5.13 Å². The van der Waals surface area contributed by atoms with E-state index in [2.05, 4.69) is 15.4 Å². The highest BCUT2D eigenvalue weighted by molar-refractivity contribution is 7.17. The van der Waals surface area contributed by atoms with Crippen LogP contribution in [-0.4, -0.2) is 34.4 Å². The van der Waals surface area contributed by atoms with Crippen LogP contribution in [0.3, 0.4) is 0 Å². The number of nitrogens with one attached hydrogen (secondary N) is 1. The predicted molar refractivity (Wildman–Crippen MR) is 73.5 cm³/mol. The third-order valence-electron chi connectivity index (χ3n) is 2.57. The van der Waals surface area contributed by atoms with Crippen molar-refractivity contribution < 1.29 is 9.53 Å². The summed E-state index contributed by atoms with van der Waals surface area (Å²) in [4.78, 5) is 16.3. The maximum Gasteiger partial charge on any atom is 0.350 e. The molecule has 0 aliphatic carbocycles. The highest BCUT2D eigenvalue weighted by Crippen LogP contribution is 2.23. The van der Waals surface area contributed by atoms with E-state index in [4.69, 9.17) is 4.74 Å². The molecule has 19 heavy (non-hydrogen) atoms. The second-order valence-corrected chi connectivity index (χ2v) is 4.97. The Bertz CT molecular complexity index is 536. The zero-order valence-corrected chi connectivity index (χ0v) is 11.7. The third-order valence-corrected chi connectivity index (χ3v) is 3.66. The molecule has 2 heterocycles. The smallest absolute Gasteiger partial charge is 0.350 e. The highest BCUT2D eigenvalue weighted by atomic mass is 32.1. The largest absolute Gasteiger partial charge is 0.465 e. The normalized spacial score (nSPS) is 10.4. The number of carbonyl (C=O) groups is 1. The summed E-state index contributed by atoms with van der Waals surface area (Å²) in [5.74, 6) is -0.334. The third kappa shape index (κ3) is 3.54. The van der Waals surface area contributed by atoms with E-state index in [0.717, 1.165) is 24.6 Å². The van der Waals surface area contributed by atoms with E-state index in [1.54, 1.807) is 13.1 Å². The van der Waals surface area contributed by atoms with Crippen LogP contribution in [0.5, 0.6) is 0 Å². The monoisotopic (exact) mass is 280 g/mol. The van der Waals surface area contributed by atoms with Crippen LogP contribution in [0.1, 0.15) is 21.8 Å². The standard InChI is InChI=1S/C12H16N4O2S/c1-9-10(11(17)18-2)19-12(15-9)13-5-3-7-16-8-4-6-14-16/h4,6,8H,3,5,7H2,1-2H3,(H,13,15). The van der Waals surface area contributed by atoms with E-state index < -0.39 is 0 Å². The molecule has 1 N–H and O–H groups in total. The van der Waals surface area contributed by atoms with Gasteiger partial charge in [0.05, 0.1) is 12.8 Å². The minimum absolute atomic E-state index is 0.334. The summed E-state index contributed by atoms with van der Waals surface area (Å²) in [6, 6.07) is 1.90. The minimum atomic E-state index is -0.334. The number of esters is 1. The number of carbonyl (C=O) groups excluding carboxylic acids is 1. The molecule has 0 saturated heterocycles. The van der Waals surface area contributed by atoms with Crippen LogP contribution in [0, 0.1) is 6.92 Å². The van der Waals surface area contributed by atoms with Crippen molar-refractivity contribution in [3.8, 4) is 0 Å². The van der Waals surface area contributed by atoms with Crippen molar-refractivity contribution >= 4 is 22.4 Å². The van der Waals surface area contributed by atoms with E-state index in [-0.39, 0.29) is 5.97 Å². The Morgan fingerprint density at radius 1 is 1.58 bits per heavy atom. The molecule has 6 nitrogen and oxygen atoms in total. The molecule has 7 heteroatoms. The molecule has 0 saturated carbocycles. The van der Waals surface area contributed by atoms with Crippen LogP contribution in [0.15, 0.2) is 18.5 Å². The molecule has 0 fully saturated rings. The van der Waals surface area contributed by atoms with Crippen molar-refractivity contribution in [1.82, 2.24) is 14.8 Å². The number of hydrogen-bond donors (Lipinski definition) is 1. The summed E-state index contributed by atoms with van der Waals surface area (Å²) < 4.78 is 6.58. The lowest BCUT2D eigenvalue weighted by molar-refractivity contribution is 0.0605. The molecule has 0 aliphatic heterocycles. The first-order valence-electron chi connectivity index (χ1n) is 5.97. The van der Waals surface area contributed by atoms with E-state index >= 15 is 0 Å². The fourth-order valence-corrected chi connectivity index (χ4v) is 2.53. The number of ether oxygens (including phenoxy) is 1. The van der Waals surface area contributed by atoms with Gasteiger partial charge in [0.1, 0.15) is 4.88 Å². The van der Waals surface area contributed by atoms with Gasteiger partial charge in [-0.15, -0.1) is 0 Å². The van der Waals surface area contributed by atoms with E-state index in [0.29, 0.717) is 10.6 Å². The summed E-state index contributed by atoms with van der Waals surface area (Å²) >= 11 is 1.32. The molecular formula is C12H16N4O2S. The zero-order chi connectivity index (χ0) is 13.7. The van der Waals surface area contributed by atoms with E-state index in [1.165, 1.54) is 18.4 Å². The van der Waals surface area contributed by atoms with E-state index in [1.807, 2.05) is 16.9 Å². The SMILES string of the molecule is COC(=O)c1sc(NCCCn2cccn2)nc1C. The van der Waals surface area contributed by atoms with Gasteiger partial charge in [0.15, 0.2) is 5.13 Å². The topological polar surface area (TPSA) is 69.0 Å². The lowest BCUT2D eigenvalue weighted by Crippen LogP contribution is -2.06. The molecule has 2 rings (SSSR count). The van der Waals surface area contributed by atoms with Crippen molar-refractivity contribution in [3.05, 3.63) is 29.0 Å². The van der Waals surface area contributed by atoms with Crippen LogP contribution in [-0.2, 0) is 11.3 Å². The number of thiazole rings is 1.